The maximum Gasteiger partial charge on any atom is 0.226 e. The zero-order chi connectivity index (χ0) is 13.9. The van der Waals surface area contributed by atoms with Crippen LogP contribution in [-0.2, 0) is 6.42 Å². The van der Waals surface area contributed by atoms with Gasteiger partial charge in [0.1, 0.15) is 5.52 Å². The zero-order valence-corrected chi connectivity index (χ0v) is 11.4. The molecule has 20 heavy (non-hydrogen) atoms. The molecule has 0 aliphatic carbocycles. The van der Waals surface area contributed by atoms with Gasteiger partial charge in [0.2, 0.25) is 5.95 Å². The molecule has 0 amide bonds. The first-order valence-electron chi connectivity index (χ1n) is 6.55. The van der Waals surface area contributed by atoms with Crippen LogP contribution in [-0.4, -0.2) is 27.0 Å². The van der Waals surface area contributed by atoms with Gasteiger partial charge in [-0.05, 0) is 24.1 Å². The molecule has 3 aromatic rings. The summed E-state index contributed by atoms with van der Waals surface area (Å²) >= 11 is 0. The van der Waals surface area contributed by atoms with E-state index in [2.05, 4.69) is 49.6 Å². The Morgan fingerprint density at radius 3 is 2.65 bits per heavy atom. The van der Waals surface area contributed by atoms with Crippen LogP contribution in [0.15, 0.2) is 30.6 Å². The summed E-state index contributed by atoms with van der Waals surface area (Å²) in [6.07, 6.45) is 2.65. The summed E-state index contributed by atoms with van der Waals surface area (Å²) in [5, 5.41) is 6.23. The van der Waals surface area contributed by atoms with Gasteiger partial charge in [-0.2, -0.15) is 9.97 Å². The number of fused-ring (bicyclic) bond motifs is 1. The topological polar surface area (TPSA) is 78.5 Å². The Balaban J connectivity index is 1.98. The highest BCUT2D eigenvalue weighted by Gasteiger charge is 2.09. The third-order valence-electron chi connectivity index (χ3n) is 3.13. The normalized spacial score (nSPS) is 10.7. The molecule has 0 bridgehead atoms. The Labute approximate surface area is 116 Å². The smallest absolute Gasteiger partial charge is 0.226 e. The van der Waals surface area contributed by atoms with Gasteiger partial charge in [-0.25, -0.2) is 4.98 Å². The molecule has 0 radical (unpaired) electrons. The Kier molecular flexibility index (Phi) is 3.20. The molecule has 0 aliphatic rings. The molecule has 6 heteroatoms. The molecule has 0 unspecified atom stereocenters. The molecular weight excluding hydrogens is 252 g/mol. The van der Waals surface area contributed by atoms with Crippen molar-refractivity contribution in [3.8, 4) is 0 Å². The second-order valence-electron chi connectivity index (χ2n) is 4.42. The Morgan fingerprint density at radius 2 is 1.95 bits per heavy atom. The number of anilines is 3. The Hall–Kier alpha value is -2.63. The number of aromatic nitrogens is 4. The summed E-state index contributed by atoms with van der Waals surface area (Å²) in [6, 6.07) is 8.30. The molecule has 3 N–H and O–H groups in total. The van der Waals surface area contributed by atoms with Crippen LogP contribution < -0.4 is 10.6 Å². The van der Waals surface area contributed by atoms with E-state index in [9.17, 15) is 0 Å². The third-order valence-corrected chi connectivity index (χ3v) is 3.13. The van der Waals surface area contributed by atoms with Gasteiger partial charge in [0, 0.05) is 12.7 Å². The lowest BCUT2D eigenvalue weighted by Gasteiger charge is -2.08. The Bertz CT molecular complexity index is 716. The number of imidazole rings is 1. The molecule has 6 nitrogen and oxygen atoms in total. The maximum atomic E-state index is 4.42. The highest BCUT2D eigenvalue weighted by molar-refractivity contribution is 5.86. The average Bonchev–Trinajstić information content (AvgIpc) is 2.96. The van der Waals surface area contributed by atoms with Crippen LogP contribution in [0.25, 0.3) is 11.2 Å². The monoisotopic (exact) mass is 268 g/mol. The van der Waals surface area contributed by atoms with Crippen LogP contribution in [0.2, 0.25) is 0 Å². The van der Waals surface area contributed by atoms with Crippen LogP contribution in [0.1, 0.15) is 12.5 Å². The second kappa shape index (κ2) is 5.16. The predicted molar refractivity (Wildman–Crippen MR) is 80.3 cm³/mol. The minimum atomic E-state index is 0.539. The lowest BCUT2D eigenvalue weighted by molar-refractivity contribution is 1.14. The lowest BCUT2D eigenvalue weighted by atomic mass is 10.1. The first kappa shape index (κ1) is 12.4. The van der Waals surface area contributed by atoms with E-state index in [-0.39, 0.29) is 0 Å². The van der Waals surface area contributed by atoms with Crippen molar-refractivity contribution >= 4 is 28.6 Å². The van der Waals surface area contributed by atoms with Crippen LogP contribution in [0.5, 0.6) is 0 Å². The van der Waals surface area contributed by atoms with Crippen LogP contribution in [0.4, 0.5) is 17.5 Å². The number of hydrogen-bond acceptors (Lipinski definition) is 5. The molecule has 0 spiro atoms. The van der Waals surface area contributed by atoms with Gasteiger partial charge in [0.05, 0.1) is 6.33 Å². The molecule has 0 fully saturated rings. The summed E-state index contributed by atoms with van der Waals surface area (Å²) in [6.45, 7) is 2.14. The summed E-state index contributed by atoms with van der Waals surface area (Å²) in [4.78, 5) is 15.9. The van der Waals surface area contributed by atoms with Gasteiger partial charge in [0.25, 0.3) is 0 Å². The number of nitrogens with zero attached hydrogens (tertiary/aromatic N) is 3. The van der Waals surface area contributed by atoms with Crippen molar-refractivity contribution in [3.63, 3.8) is 0 Å². The number of aromatic amines is 1. The second-order valence-corrected chi connectivity index (χ2v) is 4.42. The lowest BCUT2D eigenvalue weighted by Crippen LogP contribution is -2.01. The van der Waals surface area contributed by atoms with Crippen molar-refractivity contribution in [1.82, 2.24) is 19.9 Å². The van der Waals surface area contributed by atoms with Crippen molar-refractivity contribution in [2.24, 2.45) is 0 Å². The predicted octanol–water partition coefficient (Wildman–Crippen LogP) is 2.70. The minimum absolute atomic E-state index is 0.539. The van der Waals surface area contributed by atoms with E-state index in [1.165, 1.54) is 5.56 Å². The fourth-order valence-electron chi connectivity index (χ4n) is 2.00. The van der Waals surface area contributed by atoms with E-state index in [4.69, 9.17) is 0 Å². The first-order chi connectivity index (χ1) is 9.80. The molecule has 102 valence electrons. The third kappa shape index (κ3) is 2.27. The average molecular weight is 268 g/mol. The number of nitrogens with one attached hydrogen (secondary N) is 3. The summed E-state index contributed by atoms with van der Waals surface area (Å²) in [7, 11) is 1.79. The van der Waals surface area contributed by atoms with Crippen LogP contribution in [0, 0.1) is 0 Å². The van der Waals surface area contributed by atoms with E-state index in [1.807, 2.05) is 12.1 Å². The molecule has 2 heterocycles. The molecule has 0 saturated heterocycles. The van der Waals surface area contributed by atoms with Gasteiger partial charge in [-0.1, -0.05) is 19.1 Å². The van der Waals surface area contributed by atoms with E-state index >= 15 is 0 Å². The molecule has 0 saturated carbocycles. The van der Waals surface area contributed by atoms with E-state index < -0.39 is 0 Å². The number of aryl methyl sites for hydroxylation is 1. The van der Waals surface area contributed by atoms with Gasteiger partial charge in [0.15, 0.2) is 11.5 Å². The van der Waals surface area contributed by atoms with Gasteiger partial charge < -0.3 is 15.6 Å². The fourth-order valence-corrected chi connectivity index (χ4v) is 2.00. The molecule has 1 aromatic carbocycles. The maximum absolute atomic E-state index is 4.42. The molecular formula is C14H16N6. The van der Waals surface area contributed by atoms with Gasteiger partial charge >= 0.3 is 0 Å². The number of rotatable bonds is 4. The van der Waals surface area contributed by atoms with Gasteiger partial charge in [-0.15, -0.1) is 0 Å². The Morgan fingerprint density at radius 1 is 1.15 bits per heavy atom. The van der Waals surface area contributed by atoms with Crippen molar-refractivity contribution in [2.45, 2.75) is 13.3 Å². The van der Waals surface area contributed by atoms with Crippen molar-refractivity contribution in [2.75, 3.05) is 17.7 Å². The highest BCUT2D eigenvalue weighted by atomic mass is 15.2. The van der Waals surface area contributed by atoms with Crippen LogP contribution >= 0.6 is 0 Å². The summed E-state index contributed by atoms with van der Waals surface area (Å²) in [5.74, 6) is 1.25. The molecule has 3 rings (SSSR count). The van der Waals surface area contributed by atoms with Gasteiger partial charge in [-0.3, -0.25) is 0 Å². The minimum Gasteiger partial charge on any atom is -0.357 e. The summed E-state index contributed by atoms with van der Waals surface area (Å²) in [5.41, 5.74) is 3.72. The highest BCUT2D eigenvalue weighted by Crippen LogP contribution is 2.22. The number of hydrogen-bond donors (Lipinski definition) is 3. The zero-order valence-electron chi connectivity index (χ0n) is 11.4. The van der Waals surface area contributed by atoms with Crippen molar-refractivity contribution in [3.05, 3.63) is 36.2 Å². The molecule has 2 aromatic heterocycles. The fraction of sp³-hybridized carbons (Fsp3) is 0.214. The summed E-state index contributed by atoms with van der Waals surface area (Å²) < 4.78 is 0. The SMILES string of the molecule is CCc1ccc(Nc2nc(NC)nc3nc[nH]c23)cc1. The van der Waals surface area contributed by atoms with Crippen molar-refractivity contribution < 1.29 is 0 Å². The molecule has 0 atom stereocenters. The largest absolute Gasteiger partial charge is 0.357 e. The standard InChI is InChI=1S/C14H16N6/c1-3-9-4-6-10(7-5-9)18-13-11-12(17-8-16-11)19-14(15-2)20-13/h4-8H,3H2,1-2H3,(H3,15,16,17,18,19,20). The van der Waals surface area contributed by atoms with E-state index in [1.54, 1.807) is 13.4 Å². The number of H-pyrrole nitrogens is 1. The van der Waals surface area contributed by atoms with Crippen molar-refractivity contribution in [1.29, 1.82) is 0 Å². The van der Waals surface area contributed by atoms with Crippen LogP contribution in [0.3, 0.4) is 0 Å². The molecule has 0 aliphatic heterocycles. The van der Waals surface area contributed by atoms with E-state index in [0.29, 0.717) is 17.4 Å². The first-order valence-corrected chi connectivity index (χ1v) is 6.55. The number of benzene rings is 1. The quantitative estimate of drug-likeness (QED) is 0.678. The van der Waals surface area contributed by atoms with E-state index in [0.717, 1.165) is 17.6 Å².